The van der Waals surface area contributed by atoms with Crippen LogP contribution >= 0.6 is 0 Å². The summed E-state index contributed by atoms with van der Waals surface area (Å²) in [5.74, 6) is 0.736. The van der Waals surface area contributed by atoms with Gasteiger partial charge >= 0.3 is 6.09 Å². The largest absolute Gasteiger partial charge is 0.491 e. The molecule has 0 fully saturated rings. The molecule has 1 amide bonds. The van der Waals surface area contributed by atoms with E-state index >= 15 is 0 Å². The number of nitrogens with one attached hydrogen (secondary N) is 1. The Labute approximate surface area is 132 Å². The summed E-state index contributed by atoms with van der Waals surface area (Å²) in [4.78, 5) is 15.7. The predicted octanol–water partition coefficient (Wildman–Crippen LogP) is 3.74. The van der Waals surface area contributed by atoms with Crippen molar-refractivity contribution in [1.82, 2.24) is 5.32 Å². The zero-order valence-electron chi connectivity index (χ0n) is 13.9. The van der Waals surface area contributed by atoms with Crippen LogP contribution in [-0.2, 0) is 9.47 Å². The summed E-state index contributed by atoms with van der Waals surface area (Å²) < 4.78 is 10.7. The molecule has 0 radical (unpaired) electrons. The molecule has 0 unspecified atom stereocenters. The normalized spacial score (nSPS) is 17.1. The average molecular weight is 306 g/mol. The van der Waals surface area contributed by atoms with Crippen LogP contribution in [0, 0.1) is 0 Å². The first kappa shape index (κ1) is 18.0. The molecule has 5 nitrogen and oxygen atoms in total. The summed E-state index contributed by atoms with van der Waals surface area (Å²) in [6.45, 7) is 8.42. The lowest BCUT2D eigenvalue weighted by molar-refractivity contribution is 0.0524. The van der Waals surface area contributed by atoms with Crippen molar-refractivity contribution >= 4 is 12.3 Å². The third-order valence-corrected chi connectivity index (χ3v) is 2.59. The third-order valence-electron chi connectivity index (χ3n) is 2.59. The first-order valence-corrected chi connectivity index (χ1v) is 7.56. The molecule has 0 aromatic heterocycles. The Morgan fingerprint density at radius 2 is 2.27 bits per heavy atom. The number of amides is 1. The van der Waals surface area contributed by atoms with Gasteiger partial charge in [0, 0.05) is 18.8 Å². The van der Waals surface area contributed by atoms with Gasteiger partial charge in [-0.3, -0.25) is 4.99 Å². The lowest BCUT2D eigenvalue weighted by Crippen LogP contribution is -2.33. The summed E-state index contributed by atoms with van der Waals surface area (Å²) in [5, 5.41) is 2.67. The second-order valence-corrected chi connectivity index (χ2v) is 5.89. The molecule has 5 heteroatoms. The lowest BCUT2D eigenvalue weighted by Gasteiger charge is -2.19. The van der Waals surface area contributed by atoms with Gasteiger partial charge in [-0.1, -0.05) is 19.1 Å². The van der Waals surface area contributed by atoms with Gasteiger partial charge in [-0.15, -0.1) is 0 Å². The van der Waals surface area contributed by atoms with E-state index in [1.165, 1.54) is 0 Å². The number of carbonyl (C=O) groups is 1. The van der Waals surface area contributed by atoms with Crippen molar-refractivity contribution < 1.29 is 14.3 Å². The highest BCUT2D eigenvalue weighted by Gasteiger charge is 2.17. The molecule has 1 aliphatic rings. The van der Waals surface area contributed by atoms with E-state index in [1.807, 2.05) is 39.1 Å². The fraction of sp³-hybridized carbons (Fsp3) is 0.529. The summed E-state index contributed by atoms with van der Waals surface area (Å²) in [7, 11) is 0. The van der Waals surface area contributed by atoms with Crippen LogP contribution in [0.5, 0.6) is 0 Å². The van der Waals surface area contributed by atoms with Gasteiger partial charge in [-0.25, -0.2) is 4.79 Å². The maximum absolute atomic E-state index is 11.5. The van der Waals surface area contributed by atoms with E-state index in [4.69, 9.17) is 9.47 Å². The molecule has 0 aromatic rings. The number of carbonyl (C=O) groups excluding carboxylic acids is 1. The summed E-state index contributed by atoms with van der Waals surface area (Å²) in [6, 6.07) is 0. The van der Waals surface area contributed by atoms with Crippen molar-refractivity contribution in [3.05, 3.63) is 35.8 Å². The molecule has 0 saturated heterocycles. The fourth-order valence-corrected chi connectivity index (χ4v) is 1.65. The highest BCUT2D eigenvalue weighted by Crippen LogP contribution is 2.15. The zero-order valence-corrected chi connectivity index (χ0v) is 13.9. The first-order valence-electron chi connectivity index (χ1n) is 7.56. The molecule has 0 aromatic carbocycles. The van der Waals surface area contributed by atoms with Crippen LogP contribution in [0.4, 0.5) is 4.79 Å². The molecule has 0 spiro atoms. The van der Waals surface area contributed by atoms with Crippen LogP contribution in [0.1, 0.15) is 40.5 Å². The number of ether oxygens (including phenoxy) is 2. The number of allylic oxidation sites excluding steroid dienone is 2. The van der Waals surface area contributed by atoms with E-state index in [2.05, 4.69) is 23.3 Å². The summed E-state index contributed by atoms with van der Waals surface area (Å²) >= 11 is 0. The highest BCUT2D eigenvalue weighted by atomic mass is 16.6. The second-order valence-electron chi connectivity index (χ2n) is 5.89. The highest BCUT2D eigenvalue weighted by molar-refractivity contribution is 5.68. The van der Waals surface area contributed by atoms with E-state index < -0.39 is 11.7 Å². The van der Waals surface area contributed by atoms with Gasteiger partial charge in [0.1, 0.15) is 18.0 Å². The summed E-state index contributed by atoms with van der Waals surface area (Å²) in [6.07, 6.45) is 11.0. The van der Waals surface area contributed by atoms with E-state index in [9.17, 15) is 4.79 Å². The van der Waals surface area contributed by atoms with Crippen molar-refractivity contribution in [1.29, 1.82) is 0 Å². The van der Waals surface area contributed by atoms with Crippen molar-refractivity contribution in [3.63, 3.8) is 0 Å². The quantitative estimate of drug-likeness (QED) is 0.761. The molecular formula is C17H26N2O3. The van der Waals surface area contributed by atoms with E-state index in [0.717, 1.165) is 24.2 Å². The summed E-state index contributed by atoms with van der Waals surface area (Å²) in [5.41, 5.74) is 0.595. The van der Waals surface area contributed by atoms with Crippen LogP contribution in [0.2, 0.25) is 0 Å². The standard InChI is InChI=1S/C17H26N2O3/c1-5-6-9-18-10-7-8-14-11-15(21-13-14)12-19-16(20)22-17(2,3)4/h6,8-11H,5,7,12-13H2,1-4H3,(H,19,20)/b9-6+,14-8-,18-10?. The second kappa shape index (κ2) is 9.07. The molecule has 0 atom stereocenters. The number of rotatable bonds is 6. The van der Waals surface area contributed by atoms with Gasteiger partial charge < -0.3 is 14.8 Å². The average Bonchev–Trinajstić information content (AvgIpc) is 2.86. The van der Waals surface area contributed by atoms with Crippen molar-refractivity contribution in [2.45, 2.75) is 46.1 Å². The minimum atomic E-state index is -0.494. The number of hydrogen-bond acceptors (Lipinski definition) is 4. The van der Waals surface area contributed by atoms with Crippen LogP contribution in [0.15, 0.2) is 40.8 Å². The molecule has 0 saturated carbocycles. The van der Waals surface area contributed by atoms with Crippen LogP contribution in [0.25, 0.3) is 0 Å². The molecule has 1 aliphatic heterocycles. The van der Waals surface area contributed by atoms with Gasteiger partial charge in [-0.05, 0) is 38.8 Å². The first-order chi connectivity index (χ1) is 10.4. The van der Waals surface area contributed by atoms with Crippen molar-refractivity contribution in [2.24, 2.45) is 4.99 Å². The topological polar surface area (TPSA) is 59.9 Å². The Morgan fingerprint density at radius 3 is 2.95 bits per heavy atom. The van der Waals surface area contributed by atoms with Gasteiger partial charge in [-0.2, -0.15) is 0 Å². The molecule has 0 aliphatic carbocycles. The number of nitrogens with zero attached hydrogens (tertiary/aromatic N) is 1. The van der Waals surface area contributed by atoms with E-state index in [-0.39, 0.29) is 0 Å². The fourth-order valence-electron chi connectivity index (χ4n) is 1.65. The van der Waals surface area contributed by atoms with Crippen molar-refractivity contribution in [2.75, 3.05) is 13.2 Å². The molecular weight excluding hydrogens is 280 g/mol. The zero-order chi connectivity index (χ0) is 16.4. The Morgan fingerprint density at radius 1 is 1.50 bits per heavy atom. The maximum Gasteiger partial charge on any atom is 0.408 e. The maximum atomic E-state index is 11.5. The minimum absolute atomic E-state index is 0.333. The minimum Gasteiger partial charge on any atom is -0.491 e. The smallest absolute Gasteiger partial charge is 0.408 e. The van der Waals surface area contributed by atoms with E-state index in [1.54, 1.807) is 6.20 Å². The van der Waals surface area contributed by atoms with Crippen LogP contribution < -0.4 is 5.32 Å². The molecule has 1 rings (SSSR count). The molecule has 1 N–H and O–H groups in total. The Balaban J connectivity index is 2.34. The molecule has 0 bridgehead atoms. The molecule has 1 heterocycles. The number of aliphatic imine (C=N–C) groups is 1. The van der Waals surface area contributed by atoms with Gasteiger partial charge in [0.15, 0.2) is 0 Å². The lowest BCUT2D eigenvalue weighted by atomic mass is 10.2. The molecule has 22 heavy (non-hydrogen) atoms. The predicted molar refractivity (Wildman–Crippen MR) is 88.9 cm³/mol. The Kier molecular flexibility index (Phi) is 7.43. The number of hydrogen-bond donors (Lipinski definition) is 1. The number of alkyl carbamates (subject to hydrolysis) is 1. The third kappa shape index (κ3) is 8.29. The monoisotopic (exact) mass is 306 g/mol. The van der Waals surface area contributed by atoms with Crippen LogP contribution in [0.3, 0.4) is 0 Å². The Bertz CT molecular complexity index is 483. The SMILES string of the molecule is CC/C=C/N=CC/C=C1/C=C(CNC(=O)OC(C)(C)C)OC1. The van der Waals surface area contributed by atoms with Gasteiger partial charge in [0.2, 0.25) is 0 Å². The van der Waals surface area contributed by atoms with E-state index in [0.29, 0.717) is 13.2 Å². The van der Waals surface area contributed by atoms with Crippen LogP contribution in [-0.4, -0.2) is 31.1 Å². The molecule has 122 valence electrons. The van der Waals surface area contributed by atoms with Gasteiger partial charge in [0.25, 0.3) is 0 Å². The van der Waals surface area contributed by atoms with Crippen molar-refractivity contribution in [3.8, 4) is 0 Å². The Hall–Kier alpha value is -2.04. The van der Waals surface area contributed by atoms with Gasteiger partial charge in [0.05, 0.1) is 6.54 Å².